The molecule has 0 atom stereocenters. The summed E-state index contributed by atoms with van der Waals surface area (Å²) in [5.74, 6) is -1.26. The normalized spacial score (nSPS) is 14.2. The number of hydrogen-bond donors (Lipinski definition) is 1. The second-order valence-electron chi connectivity index (χ2n) is 9.40. The summed E-state index contributed by atoms with van der Waals surface area (Å²) in [4.78, 5) is 51.3. The van der Waals surface area contributed by atoms with Gasteiger partial charge in [-0.25, -0.2) is 14.5 Å². The molecule has 1 saturated heterocycles. The molecule has 9 nitrogen and oxygen atoms in total. The Kier molecular flexibility index (Phi) is 8.25. The first-order valence-corrected chi connectivity index (χ1v) is 13.9. The fourth-order valence-corrected chi connectivity index (χ4v) is 5.45. The summed E-state index contributed by atoms with van der Waals surface area (Å²) < 4.78 is 17.3. The van der Waals surface area contributed by atoms with Gasteiger partial charge in [-0.2, -0.15) is 0 Å². The van der Waals surface area contributed by atoms with E-state index in [-0.39, 0.29) is 16.8 Å². The predicted molar refractivity (Wildman–Crippen MR) is 166 cm³/mol. The van der Waals surface area contributed by atoms with Crippen molar-refractivity contribution in [2.24, 2.45) is 0 Å². The van der Waals surface area contributed by atoms with Crippen LogP contribution in [0, 0.1) is 10.5 Å². The number of esters is 1. The SMILES string of the molecule is COC(=O)c1ccc(N2C(=O)NC(=O)/C(=C\c3cc(I)c(OCc4c(C)ccc5ccccc45)c(OC)c3)C2=O)cc1. The molecule has 0 saturated carbocycles. The lowest BCUT2D eigenvalue weighted by atomic mass is 10.0. The maximum atomic E-state index is 13.4. The van der Waals surface area contributed by atoms with Crippen molar-refractivity contribution in [1.82, 2.24) is 5.32 Å². The number of barbiturate groups is 1. The summed E-state index contributed by atoms with van der Waals surface area (Å²) in [7, 11) is 2.76. The number of halogens is 1. The molecule has 5 rings (SSSR count). The molecule has 4 amide bonds. The predicted octanol–water partition coefficient (Wildman–Crippen LogP) is 5.79. The van der Waals surface area contributed by atoms with E-state index in [2.05, 4.69) is 56.9 Å². The van der Waals surface area contributed by atoms with Crippen LogP contribution >= 0.6 is 22.6 Å². The van der Waals surface area contributed by atoms with Crippen LogP contribution in [0.15, 0.2) is 78.4 Å². The first-order chi connectivity index (χ1) is 20.2. The molecule has 1 N–H and O–H groups in total. The van der Waals surface area contributed by atoms with E-state index >= 15 is 0 Å². The molecule has 0 spiro atoms. The summed E-state index contributed by atoms with van der Waals surface area (Å²) in [5.41, 5.74) is 2.85. The number of nitrogens with one attached hydrogen (secondary N) is 1. The zero-order valence-corrected chi connectivity index (χ0v) is 25.1. The van der Waals surface area contributed by atoms with E-state index in [0.29, 0.717) is 27.2 Å². The molecule has 0 aromatic heterocycles. The molecule has 1 aliphatic heterocycles. The maximum Gasteiger partial charge on any atom is 0.337 e. The number of amides is 4. The highest BCUT2D eigenvalue weighted by atomic mass is 127. The van der Waals surface area contributed by atoms with E-state index in [4.69, 9.17) is 9.47 Å². The Morgan fingerprint density at radius 1 is 0.976 bits per heavy atom. The summed E-state index contributed by atoms with van der Waals surface area (Å²) >= 11 is 2.12. The number of ether oxygens (including phenoxy) is 3. The van der Waals surface area contributed by atoms with E-state index in [1.165, 1.54) is 44.6 Å². The monoisotopic (exact) mass is 676 g/mol. The first kappa shape index (κ1) is 28.8. The van der Waals surface area contributed by atoms with Crippen LogP contribution in [0.3, 0.4) is 0 Å². The number of imide groups is 2. The molecule has 1 heterocycles. The second kappa shape index (κ2) is 12.0. The number of aryl methyl sites for hydroxylation is 1. The standard InChI is InChI=1S/C32H25IN2O7/c1-18-8-9-20-6-4-5-7-23(20)25(18)17-42-28-26(33)15-19(16-27(28)40-2)14-24-29(36)34-32(39)35(30(24)37)22-12-10-21(11-13-22)31(38)41-3/h4-16H,17H2,1-3H3,(H,34,36,39)/b24-14+. The third-order valence-electron chi connectivity index (χ3n) is 6.85. The van der Waals surface area contributed by atoms with Crippen molar-refractivity contribution in [3.05, 3.63) is 104 Å². The molecule has 1 fully saturated rings. The number of rotatable bonds is 7. The van der Waals surface area contributed by atoms with E-state index in [1.807, 2.05) is 19.1 Å². The number of fused-ring (bicyclic) bond motifs is 1. The number of anilines is 1. The van der Waals surface area contributed by atoms with Crippen LogP contribution in [0.5, 0.6) is 11.5 Å². The van der Waals surface area contributed by atoms with Gasteiger partial charge >= 0.3 is 12.0 Å². The van der Waals surface area contributed by atoms with Crippen LogP contribution in [0.25, 0.3) is 16.8 Å². The van der Waals surface area contributed by atoms with Gasteiger partial charge in [-0.05, 0) is 93.9 Å². The summed E-state index contributed by atoms with van der Waals surface area (Å²) in [5, 5.41) is 4.42. The third kappa shape index (κ3) is 5.57. The molecular weight excluding hydrogens is 651 g/mol. The Morgan fingerprint density at radius 3 is 2.43 bits per heavy atom. The molecule has 42 heavy (non-hydrogen) atoms. The fourth-order valence-electron chi connectivity index (χ4n) is 4.67. The average Bonchev–Trinajstić information content (AvgIpc) is 2.99. The minimum atomic E-state index is -0.896. The van der Waals surface area contributed by atoms with E-state index in [9.17, 15) is 19.2 Å². The molecule has 0 bridgehead atoms. The molecule has 212 valence electrons. The van der Waals surface area contributed by atoms with Gasteiger partial charge in [-0.3, -0.25) is 14.9 Å². The summed E-state index contributed by atoms with van der Waals surface area (Å²) in [6, 6.07) is 20.5. The lowest BCUT2D eigenvalue weighted by Crippen LogP contribution is -2.54. The fraction of sp³-hybridized carbons (Fsp3) is 0.125. The molecule has 4 aromatic carbocycles. The topological polar surface area (TPSA) is 111 Å². The summed E-state index contributed by atoms with van der Waals surface area (Å²) in [6.45, 7) is 2.35. The van der Waals surface area contributed by atoms with Gasteiger partial charge in [-0.1, -0.05) is 36.4 Å². The van der Waals surface area contributed by atoms with Crippen LogP contribution in [0.1, 0.15) is 27.0 Å². The van der Waals surface area contributed by atoms with Crippen molar-refractivity contribution in [2.45, 2.75) is 13.5 Å². The Hall–Kier alpha value is -4.71. The van der Waals surface area contributed by atoms with Gasteiger partial charge in [0, 0.05) is 5.56 Å². The maximum absolute atomic E-state index is 13.4. The third-order valence-corrected chi connectivity index (χ3v) is 7.65. The average molecular weight is 676 g/mol. The minimum Gasteiger partial charge on any atom is -0.493 e. The molecule has 0 radical (unpaired) electrons. The van der Waals surface area contributed by atoms with Gasteiger partial charge in [0.25, 0.3) is 11.8 Å². The van der Waals surface area contributed by atoms with Gasteiger partial charge in [0.15, 0.2) is 11.5 Å². The Labute approximate surface area is 255 Å². The highest BCUT2D eigenvalue weighted by Crippen LogP contribution is 2.36. The Morgan fingerprint density at radius 2 is 1.71 bits per heavy atom. The van der Waals surface area contributed by atoms with Gasteiger partial charge in [0.1, 0.15) is 12.2 Å². The van der Waals surface area contributed by atoms with Crippen molar-refractivity contribution >= 4 is 68.9 Å². The summed E-state index contributed by atoms with van der Waals surface area (Å²) in [6.07, 6.45) is 1.39. The molecule has 0 aliphatic carbocycles. The lowest BCUT2D eigenvalue weighted by molar-refractivity contribution is -0.122. The Bertz CT molecular complexity index is 1780. The van der Waals surface area contributed by atoms with Gasteiger partial charge in [-0.15, -0.1) is 0 Å². The van der Waals surface area contributed by atoms with Crippen molar-refractivity contribution in [2.75, 3.05) is 19.1 Å². The number of carbonyl (C=O) groups is 4. The number of hydrogen-bond acceptors (Lipinski definition) is 7. The molecule has 10 heteroatoms. The lowest BCUT2D eigenvalue weighted by Gasteiger charge is -2.26. The van der Waals surface area contributed by atoms with Crippen LogP contribution in [-0.4, -0.2) is 38.0 Å². The van der Waals surface area contributed by atoms with Gasteiger partial charge in [0.05, 0.1) is 29.0 Å². The first-order valence-electron chi connectivity index (χ1n) is 12.8. The molecular formula is C32H25IN2O7. The van der Waals surface area contributed by atoms with Crippen molar-refractivity contribution in [1.29, 1.82) is 0 Å². The highest BCUT2D eigenvalue weighted by molar-refractivity contribution is 14.1. The minimum absolute atomic E-state index is 0.184. The largest absolute Gasteiger partial charge is 0.493 e. The van der Waals surface area contributed by atoms with Crippen LogP contribution in [-0.2, 0) is 20.9 Å². The number of carbonyl (C=O) groups excluding carboxylic acids is 4. The number of urea groups is 1. The highest BCUT2D eigenvalue weighted by Gasteiger charge is 2.37. The van der Waals surface area contributed by atoms with Crippen molar-refractivity contribution < 1.29 is 33.4 Å². The smallest absolute Gasteiger partial charge is 0.337 e. The van der Waals surface area contributed by atoms with Crippen molar-refractivity contribution in [3.63, 3.8) is 0 Å². The zero-order valence-electron chi connectivity index (χ0n) is 22.9. The zero-order chi connectivity index (χ0) is 30.0. The number of benzene rings is 4. The van der Waals surface area contributed by atoms with Crippen LogP contribution in [0.4, 0.5) is 10.5 Å². The number of nitrogens with zero attached hydrogens (tertiary/aromatic N) is 1. The van der Waals surface area contributed by atoms with E-state index in [0.717, 1.165) is 26.8 Å². The molecule has 1 aliphatic rings. The molecule has 0 unspecified atom stereocenters. The van der Waals surface area contributed by atoms with Crippen LogP contribution < -0.4 is 19.7 Å². The quantitative estimate of drug-likeness (QED) is 0.114. The van der Waals surface area contributed by atoms with E-state index in [1.54, 1.807) is 12.1 Å². The van der Waals surface area contributed by atoms with Crippen LogP contribution in [0.2, 0.25) is 0 Å². The second-order valence-corrected chi connectivity index (χ2v) is 10.6. The van der Waals surface area contributed by atoms with Gasteiger partial charge < -0.3 is 14.2 Å². The molecule has 4 aromatic rings. The number of methoxy groups -OCH3 is 2. The van der Waals surface area contributed by atoms with Crippen molar-refractivity contribution in [3.8, 4) is 11.5 Å². The van der Waals surface area contributed by atoms with Gasteiger partial charge in [0.2, 0.25) is 0 Å². The van der Waals surface area contributed by atoms with E-state index < -0.39 is 23.8 Å². The Balaban J connectivity index is 1.43.